The quantitative estimate of drug-likeness (QED) is 0.764. The van der Waals surface area contributed by atoms with Crippen LogP contribution in [0.3, 0.4) is 0 Å². The van der Waals surface area contributed by atoms with Crippen molar-refractivity contribution in [2.24, 2.45) is 0 Å². The molecule has 0 aliphatic carbocycles. The predicted molar refractivity (Wildman–Crippen MR) is 74.1 cm³/mol. The van der Waals surface area contributed by atoms with Crippen LogP contribution in [0.1, 0.15) is 17.5 Å². The molecule has 0 atom stereocenters. The molecule has 2 aromatic rings. The number of anilines is 1. The molecule has 0 bridgehead atoms. The van der Waals surface area contributed by atoms with Gasteiger partial charge in [0.15, 0.2) is 0 Å². The van der Waals surface area contributed by atoms with Crippen molar-refractivity contribution in [2.45, 2.75) is 26.4 Å². The summed E-state index contributed by atoms with van der Waals surface area (Å²) in [5.74, 6) is 0.586. The molecule has 0 unspecified atom stereocenters. The molecular weight excluding hydrogens is 224 g/mol. The number of nitrogens with two attached hydrogens (primary N) is 1. The summed E-state index contributed by atoms with van der Waals surface area (Å²) in [7, 11) is 0. The van der Waals surface area contributed by atoms with Crippen LogP contribution in [0.2, 0.25) is 0 Å². The van der Waals surface area contributed by atoms with E-state index in [1.165, 1.54) is 11.1 Å². The Morgan fingerprint density at radius 1 is 1.28 bits per heavy atom. The van der Waals surface area contributed by atoms with Gasteiger partial charge in [0.2, 0.25) is 0 Å². The standard InChI is InChI=1S/C14H20N4/c1-12-3-5-13(6-4-12)9-16-7-2-8-18-10-14(15)17-11-18/h3-6,10-11,16H,2,7-9,15H2,1H3. The number of hydrogen-bond donors (Lipinski definition) is 2. The zero-order valence-corrected chi connectivity index (χ0v) is 10.8. The maximum Gasteiger partial charge on any atom is 0.141 e. The highest BCUT2D eigenvalue weighted by molar-refractivity contribution is 5.22. The molecule has 0 radical (unpaired) electrons. The first-order chi connectivity index (χ1) is 8.74. The van der Waals surface area contributed by atoms with Crippen molar-refractivity contribution in [3.05, 3.63) is 47.9 Å². The molecule has 0 fully saturated rings. The van der Waals surface area contributed by atoms with Crippen molar-refractivity contribution >= 4 is 5.82 Å². The lowest BCUT2D eigenvalue weighted by Gasteiger charge is -2.05. The highest BCUT2D eigenvalue weighted by Crippen LogP contribution is 2.02. The lowest BCUT2D eigenvalue weighted by molar-refractivity contribution is 0.581. The minimum atomic E-state index is 0.586. The molecule has 1 aromatic carbocycles. The van der Waals surface area contributed by atoms with E-state index in [1.54, 1.807) is 6.33 Å². The van der Waals surface area contributed by atoms with Gasteiger partial charge in [0.05, 0.1) is 6.33 Å². The summed E-state index contributed by atoms with van der Waals surface area (Å²) in [6, 6.07) is 8.62. The van der Waals surface area contributed by atoms with E-state index in [-0.39, 0.29) is 0 Å². The maximum atomic E-state index is 5.55. The second kappa shape index (κ2) is 6.21. The maximum absolute atomic E-state index is 5.55. The van der Waals surface area contributed by atoms with Gasteiger partial charge in [0.1, 0.15) is 5.82 Å². The molecule has 0 saturated heterocycles. The summed E-state index contributed by atoms with van der Waals surface area (Å²) < 4.78 is 2.02. The van der Waals surface area contributed by atoms with Gasteiger partial charge >= 0.3 is 0 Å². The number of aromatic nitrogens is 2. The minimum absolute atomic E-state index is 0.586. The smallest absolute Gasteiger partial charge is 0.141 e. The highest BCUT2D eigenvalue weighted by atomic mass is 15.1. The van der Waals surface area contributed by atoms with Crippen LogP contribution in [-0.2, 0) is 13.1 Å². The second-order valence-corrected chi connectivity index (χ2v) is 4.55. The molecule has 1 aromatic heterocycles. The number of benzene rings is 1. The van der Waals surface area contributed by atoms with Crippen LogP contribution >= 0.6 is 0 Å². The van der Waals surface area contributed by atoms with Crippen molar-refractivity contribution in [2.75, 3.05) is 12.3 Å². The van der Waals surface area contributed by atoms with Gasteiger partial charge in [-0.05, 0) is 25.5 Å². The third-order valence-corrected chi connectivity index (χ3v) is 2.87. The average Bonchev–Trinajstić information content (AvgIpc) is 2.77. The van der Waals surface area contributed by atoms with E-state index in [1.807, 2.05) is 10.8 Å². The van der Waals surface area contributed by atoms with E-state index in [2.05, 4.69) is 41.5 Å². The molecule has 1 heterocycles. The number of nitrogens with zero attached hydrogens (tertiary/aromatic N) is 2. The first-order valence-electron chi connectivity index (χ1n) is 6.27. The molecule has 0 amide bonds. The summed E-state index contributed by atoms with van der Waals surface area (Å²) in [4.78, 5) is 3.99. The van der Waals surface area contributed by atoms with Gasteiger partial charge < -0.3 is 15.6 Å². The molecule has 3 N–H and O–H groups in total. The summed E-state index contributed by atoms with van der Waals surface area (Å²) in [5, 5.41) is 3.43. The zero-order chi connectivity index (χ0) is 12.8. The van der Waals surface area contributed by atoms with E-state index in [4.69, 9.17) is 5.73 Å². The van der Waals surface area contributed by atoms with Crippen LogP contribution in [0.5, 0.6) is 0 Å². The number of rotatable bonds is 6. The molecule has 0 saturated carbocycles. The Labute approximate surface area is 108 Å². The molecule has 96 valence electrons. The summed E-state index contributed by atoms with van der Waals surface area (Å²) in [6.45, 7) is 4.97. The number of imidazole rings is 1. The van der Waals surface area contributed by atoms with Crippen molar-refractivity contribution in [1.82, 2.24) is 14.9 Å². The minimum Gasteiger partial charge on any atom is -0.382 e. The fourth-order valence-corrected chi connectivity index (χ4v) is 1.82. The lowest BCUT2D eigenvalue weighted by atomic mass is 10.1. The van der Waals surface area contributed by atoms with Gasteiger partial charge in [0.25, 0.3) is 0 Å². The van der Waals surface area contributed by atoms with Gasteiger partial charge in [-0.3, -0.25) is 0 Å². The van der Waals surface area contributed by atoms with Gasteiger partial charge in [-0.1, -0.05) is 29.8 Å². The number of hydrogen-bond acceptors (Lipinski definition) is 3. The van der Waals surface area contributed by atoms with E-state index in [9.17, 15) is 0 Å². The fourth-order valence-electron chi connectivity index (χ4n) is 1.82. The van der Waals surface area contributed by atoms with E-state index in [0.29, 0.717) is 5.82 Å². The first kappa shape index (κ1) is 12.6. The summed E-state index contributed by atoms with van der Waals surface area (Å²) in [6.07, 6.45) is 4.71. The Morgan fingerprint density at radius 3 is 2.72 bits per heavy atom. The molecule has 0 aliphatic rings. The largest absolute Gasteiger partial charge is 0.382 e. The van der Waals surface area contributed by atoms with Crippen LogP contribution < -0.4 is 11.1 Å². The molecule has 4 nitrogen and oxygen atoms in total. The van der Waals surface area contributed by atoms with Gasteiger partial charge in [-0.2, -0.15) is 0 Å². The molecular formula is C14H20N4. The summed E-state index contributed by atoms with van der Waals surface area (Å²) in [5.41, 5.74) is 8.18. The number of aryl methyl sites for hydroxylation is 2. The molecule has 18 heavy (non-hydrogen) atoms. The van der Waals surface area contributed by atoms with Crippen molar-refractivity contribution < 1.29 is 0 Å². The van der Waals surface area contributed by atoms with Crippen molar-refractivity contribution in [1.29, 1.82) is 0 Å². The van der Waals surface area contributed by atoms with Gasteiger partial charge in [-0.25, -0.2) is 4.98 Å². The Balaban J connectivity index is 1.63. The predicted octanol–water partition coefficient (Wildman–Crippen LogP) is 1.95. The molecule has 4 heteroatoms. The topological polar surface area (TPSA) is 55.9 Å². The van der Waals surface area contributed by atoms with E-state index in [0.717, 1.165) is 26.1 Å². The van der Waals surface area contributed by atoms with Crippen molar-refractivity contribution in [3.8, 4) is 0 Å². The Bertz CT molecular complexity index is 473. The fraction of sp³-hybridized carbons (Fsp3) is 0.357. The molecule has 0 spiro atoms. The highest BCUT2D eigenvalue weighted by Gasteiger charge is 1.95. The van der Waals surface area contributed by atoms with Crippen molar-refractivity contribution in [3.63, 3.8) is 0 Å². The number of nitrogen functional groups attached to an aromatic ring is 1. The van der Waals surface area contributed by atoms with Crippen LogP contribution in [0, 0.1) is 6.92 Å². The van der Waals surface area contributed by atoms with Gasteiger partial charge in [-0.15, -0.1) is 0 Å². The van der Waals surface area contributed by atoms with Crippen LogP contribution in [0.15, 0.2) is 36.8 Å². The van der Waals surface area contributed by atoms with Crippen LogP contribution in [-0.4, -0.2) is 16.1 Å². The lowest BCUT2D eigenvalue weighted by Crippen LogP contribution is -2.16. The zero-order valence-electron chi connectivity index (χ0n) is 10.8. The monoisotopic (exact) mass is 244 g/mol. The molecule has 0 aliphatic heterocycles. The van der Waals surface area contributed by atoms with Gasteiger partial charge in [0, 0.05) is 19.3 Å². The SMILES string of the molecule is Cc1ccc(CNCCCn2cnc(N)c2)cc1. The van der Waals surface area contributed by atoms with E-state index < -0.39 is 0 Å². The third-order valence-electron chi connectivity index (χ3n) is 2.87. The Morgan fingerprint density at radius 2 is 2.06 bits per heavy atom. The Hall–Kier alpha value is -1.81. The van der Waals surface area contributed by atoms with Crippen LogP contribution in [0.25, 0.3) is 0 Å². The molecule has 2 rings (SSSR count). The first-order valence-corrected chi connectivity index (χ1v) is 6.27. The number of nitrogens with one attached hydrogen (secondary N) is 1. The normalized spacial score (nSPS) is 10.7. The summed E-state index contributed by atoms with van der Waals surface area (Å²) >= 11 is 0. The van der Waals surface area contributed by atoms with Crippen LogP contribution in [0.4, 0.5) is 5.82 Å². The average molecular weight is 244 g/mol. The van der Waals surface area contributed by atoms with E-state index >= 15 is 0 Å². The third kappa shape index (κ3) is 3.89. The Kier molecular flexibility index (Phi) is 4.36. The second-order valence-electron chi connectivity index (χ2n) is 4.55.